The molecule has 0 saturated heterocycles. The molecule has 0 saturated carbocycles. The summed E-state index contributed by atoms with van der Waals surface area (Å²) in [6.07, 6.45) is 0. The van der Waals surface area contributed by atoms with Crippen molar-refractivity contribution in [2.75, 3.05) is 26.7 Å². The van der Waals surface area contributed by atoms with E-state index in [0.29, 0.717) is 18.0 Å². The number of hydrogen-bond donors (Lipinski definition) is 3. The Morgan fingerprint density at radius 1 is 1.19 bits per heavy atom. The summed E-state index contributed by atoms with van der Waals surface area (Å²) in [5.41, 5.74) is 6.63. The largest absolute Gasteiger partial charge is 0.497 e. The van der Waals surface area contributed by atoms with Crippen LogP contribution >= 0.6 is 0 Å². The predicted octanol–water partition coefficient (Wildman–Crippen LogP) is 3.06. The first-order valence-electron chi connectivity index (χ1n) is 8.24. The van der Waals surface area contributed by atoms with Crippen LogP contribution in [-0.4, -0.2) is 35.9 Å². The number of nitrogens with two attached hydrogens (primary N) is 1. The third-order valence-electron chi connectivity index (χ3n) is 4.44. The van der Waals surface area contributed by atoms with Crippen molar-refractivity contribution >= 4 is 16.6 Å². The number of hydrogen-bond acceptors (Lipinski definition) is 6. The van der Waals surface area contributed by atoms with E-state index in [1.54, 1.807) is 7.11 Å². The number of anilines is 1. The summed E-state index contributed by atoms with van der Waals surface area (Å²) < 4.78 is 7.27. The van der Waals surface area contributed by atoms with Crippen molar-refractivity contribution in [1.29, 1.82) is 0 Å². The molecular weight excluding hydrogens is 332 g/mol. The van der Waals surface area contributed by atoms with Gasteiger partial charge in [0, 0.05) is 34.9 Å². The van der Waals surface area contributed by atoms with Crippen LogP contribution < -0.4 is 21.0 Å². The van der Waals surface area contributed by atoms with Crippen molar-refractivity contribution in [2.24, 2.45) is 5.90 Å². The molecule has 0 bridgehead atoms. The van der Waals surface area contributed by atoms with Gasteiger partial charge in [-0.25, -0.2) is 0 Å². The van der Waals surface area contributed by atoms with Gasteiger partial charge in [0.05, 0.1) is 18.3 Å². The molecule has 3 rings (SSSR count). The molecule has 0 spiro atoms. The fourth-order valence-electron chi connectivity index (χ4n) is 3.27. The van der Waals surface area contributed by atoms with Gasteiger partial charge in [0.15, 0.2) is 5.75 Å². The van der Waals surface area contributed by atoms with Crippen LogP contribution in [0.3, 0.4) is 0 Å². The second kappa shape index (κ2) is 7.25. The summed E-state index contributed by atoms with van der Waals surface area (Å²) in [7, 11) is 5.59. The van der Waals surface area contributed by atoms with Crippen LogP contribution in [0.1, 0.15) is 11.3 Å². The maximum Gasteiger partial charge on any atom is 0.153 e. The smallest absolute Gasteiger partial charge is 0.153 e. The highest BCUT2D eigenvalue weighted by atomic mass is 16.6. The van der Waals surface area contributed by atoms with Crippen molar-refractivity contribution in [2.45, 2.75) is 13.5 Å². The molecule has 0 radical (unpaired) electrons. The first-order valence-corrected chi connectivity index (χ1v) is 8.24. The number of ether oxygens (including phenoxy) is 1. The van der Waals surface area contributed by atoms with Crippen LogP contribution in [0.25, 0.3) is 16.6 Å². The quantitative estimate of drug-likeness (QED) is 0.589. The predicted molar refractivity (Wildman–Crippen MR) is 102 cm³/mol. The van der Waals surface area contributed by atoms with Gasteiger partial charge in [-0.2, -0.15) is 5.90 Å². The number of aromatic nitrogens is 1. The molecular formula is C19H24N4O3. The molecule has 1 aromatic heterocycles. The molecule has 0 aliphatic rings. The molecule has 0 amide bonds. The lowest BCUT2D eigenvalue weighted by atomic mass is 10.1. The monoisotopic (exact) mass is 356 g/mol. The first kappa shape index (κ1) is 18.1. The summed E-state index contributed by atoms with van der Waals surface area (Å²) >= 11 is 0. The third kappa shape index (κ3) is 3.08. The fourth-order valence-corrected chi connectivity index (χ4v) is 3.27. The van der Waals surface area contributed by atoms with Crippen LogP contribution in [0.4, 0.5) is 5.69 Å². The average molecular weight is 356 g/mol. The maximum absolute atomic E-state index is 9.71. The topological polar surface area (TPSA) is 84.9 Å². The molecule has 2 aromatic carbocycles. The number of nitrogens with one attached hydrogen (secondary N) is 1. The number of rotatable bonds is 6. The standard InChI is InChI=1S/C19H24N4O3/c1-12-19(21-24)16-9-13(11-22(2)3)18(26-20)10-17(16)23(12)14-5-7-15(25-4)8-6-14/h5-10,21,24H,11,20H2,1-4H3. The number of nitrogens with zero attached hydrogens (tertiary/aromatic N) is 2. The SMILES string of the molecule is COc1ccc(-n2c(C)c(NO)c3cc(CN(C)C)c(ON)cc32)cc1. The zero-order valence-corrected chi connectivity index (χ0v) is 15.4. The van der Waals surface area contributed by atoms with Gasteiger partial charge in [-0.15, -0.1) is 0 Å². The van der Waals surface area contributed by atoms with Crippen LogP contribution in [0.5, 0.6) is 11.5 Å². The first-order chi connectivity index (χ1) is 12.5. The molecule has 7 heteroatoms. The van der Waals surface area contributed by atoms with Gasteiger partial charge >= 0.3 is 0 Å². The third-order valence-corrected chi connectivity index (χ3v) is 4.44. The Labute approximate surface area is 152 Å². The van der Waals surface area contributed by atoms with Crippen molar-refractivity contribution in [3.05, 3.63) is 47.7 Å². The lowest BCUT2D eigenvalue weighted by molar-refractivity contribution is 0.320. The van der Waals surface area contributed by atoms with Crippen molar-refractivity contribution in [3.63, 3.8) is 0 Å². The summed E-state index contributed by atoms with van der Waals surface area (Å²) in [5.74, 6) is 6.89. The summed E-state index contributed by atoms with van der Waals surface area (Å²) in [6, 6.07) is 11.6. The molecule has 4 N–H and O–H groups in total. The zero-order chi connectivity index (χ0) is 18.8. The summed E-state index contributed by atoms with van der Waals surface area (Å²) in [5, 5.41) is 10.6. The normalized spacial score (nSPS) is 11.2. The van der Waals surface area contributed by atoms with E-state index in [1.165, 1.54) is 0 Å². The van der Waals surface area contributed by atoms with Crippen molar-refractivity contribution in [3.8, 4) is 17.2 Å². The van der Waals surface area contributed by atoms with Gasteiger partial charge in [0.1, 0.15) is 5.75 Å². The van der Waals surface area contributed by atoms with Gasteiger partial charge in [0.25, 0.3) is 0 Å². The lowest BCUT2D eigenvalue weighted by Gasteiger charge is -2.14. The molecule has 26 heavy (non-hydrogen) atoms. The minimum Gasteiger partial charge on any atom is -0.497 e. The lowest BCUT2D eigenvalue weighted by Crippen LogP contribution is -2.13. The molecule has 1 heterocycles. The average Bonchev–Trinajstić information content (AvgIpc) is 2.90. The van der Waals surface area contributed by atoms with Gasteiger partial charge in [-0.05, 0) is 51.4 Å². The van der Waals surface area contributed by atoms with E-state index in [-0.39, 0.29) is 0 Å². The zero-order valence-electron chi connectivity index (χ0n) is 15.4. The summed E-state index contributed by atoms with van der Waals surface area (Å²) in [4.78, 5) is 7.15. The maximum atomic E-state index is 9.71. The van der Waals surface area contributed by atoms with Gasteiger partial charge in [-0.3, -0.25) is 10.7 Å². The van der Waals surface area contributed by atoms with Crippen LogP contribution in [0.15, 0.2) is 36.4 Å². The second-order valence-electron chi connectivity index (χ2n) is 6.44. The van der Waals surface area contributed by atoms with E-state index in [1.807, 2.05) is 66.9 Å². The van der Waals surface area contributed by atoms with Gasteiger partial charge in [-0.1, -0.05) is 0 Å². The van der Waals surface area contributed by atoms with Crippen molar-refractivity contribution < 1.29 is 14.8 Å². The highest BCUT2D eigenvalue weighted by Crippen LogP contribution is 2.37. The summed E-state index contributed by atoms with van der Waals surface area (Å²) in [6.45, 7) is 2.61. The number of fused-ring (bicyclic) bond motifs is 1. The molecule has 0 unspecified atom stereocenters. The molecule has 3 aromatic rings. The van der Waals surface area contributed by atoms with Crippen LogP contribution in [0, 0.1) is 6.92 Å². The van der Waals surface area contributed by atoms with E-state index in [9.17, 15) is 5.21 Å². The minimum absolute atomic E-state index is 0.600. The van der Waals surface area contributed by atoms with E-state index < -0.39 is 0 Å². The Hall–Kier alpha value is -2.74. The number of benzene rings is 2. The number of methoxy groups -OCH3 is 1. The van der Waals surface area contributed by atoms with Crippen LogP contribution in [0.2, 0.25) is 0 Å². The molecule has 0 aliphatic heterocycles. The van der Waals surface area contributed by atoms with E-state index in [4.69, 9.17) is 15.5 Å². The molecule has 0 aliphatic carbocycles. The highest BCUT2D eigenvalue weighted by Gasteiger charge is 2.19. The molecule has 0 fully saturated rings. The van der Waals surface area contributed by atoms with Crippen molar-refractivity contribution in [1.82, 2.24) is 9.47 Å². The second-order valence-corrected chi connectivity index (χ2v) is 6.44. The van der Waals surface area contributed by atoms with Crippen LogP contribution in [-0.2, 0) is 6.54 Å². The molecule has 0 atom stereocenters. The van der Waals surface area contributed by atoms with Gasteiger partial charge < -0.3 is 19.0 Å². The Bertz CT molecular complexity index is 917. The Kier molecular flexibility index (Phi) is 5.03. The molecule has 138 valence electrons. The van der Waals surface area contributed by atoms with Gasteiger partial charge in [0.2, 0.25) is 0 Å². The molecule has 7 nitrogen and oxygen atoms in total. The Morgan fingerprint density at radius 2 is 1.88 bits per heavy atom. The Morgan fingerprint density at radius 3 is 2.42 bits per heavy atom. The van der Waals surface area contributed by atoms with E-state index in [2.05, 4.69) is 5.48 Å². The minimum atomic E-state index is 0.600. The highest BCUT2D eigenvalue weighted by molar-refractivity contribution is 5.97. The Balaban J connectivity index is 2.27. The fraction of sp³-hybridized carbons (Fsp3) is 0.263. The van der Waals surface area contributed by atoms with E-state index >= 15 is 0 Å². The van der Waals surface area contributed by atoms with E-state index in [0.717, 1.165) is 33.6 Å².